The van der Waals surface area contributed by atoms with Gasteiger partial charge < -0.3 is 37.5 Å². The molecule has 4 rings (SSSR count). The molecular formula is C39H49ClF3KN5O3-. The molecule has 13 heteroatoms. The first-order chi connectivity index (χ1) is 24.2. The second-order valence-corrected chi connectivity index (χ2v) is 12.2. The van der Waals surface area contributed by atoms with Crippen LogP contribution in [0.15, 0.2) is 76.4 Å². The molecule has 52 heavy (non-hydrogen) atoms. The van der Waals surface area contributed by atoms with E-state index in [9.17, 15) is 13.9 Å². The van der Waals surface area contributed by atoms with Crippen LogP contribution in [0, 0.1) is 42.9 Å². The van der Waals surface area contributed by atoms with Gasteiger partial charge in [-0.1, -0.05) is 37.6 Å². The number of nitrogens with zero attached hydrogens (tertiary/aromatic N) is 2. The van der Waals surface area contributed by atoms with Gasteiger partial charge in [0, 0.05) is 17.3 Å². The number of nitrogens with two attached hydrogens (primary N) is 1. The van der Waals surface area contributed by atoms with Crippen molar-refractivity contribution in [3.63, 3.8) is 0 Å². The molecule has 0 spiro atoms. The first-order valence-electron chi connectivity index (χ1n) is 16.6. The van der Waals surface area contributed by atoms with Gasteiger partial charge in [-0.25, -0.2) is 37.6 Å². The Bertz CT molecular complexity index is 1710. The van der Waals surface area contributed by atoms with E-state index < -0.39 is 29.1 Å². The van der Waals surface area contributed by atoms with E-state index in [1.165, 1.54) is 39.2 Å². The number of aliphatic hydroxyl groups is 1. The van der Waals surface area contributed by atoms with E-state index in [4.69, 9.17) is 33.1 Å². The van der Waals surface area contributed by atoms with Gasteiger partial charge in [0.1, 0.15) is 34.5 Å². The number of aromatic nitrogens is 1. The summed E-state index contributed by atoms with van der Waals surface area (Å²) >= 11 is 6.02. The number of nitrogens with one attached hydrogen (secondary N) is 2. The van der Waals surface area contributed by atoms with Crippen LogP contribution in [-0.4, -0.2) is 55.4 Å². The molecule has 5 N–H and O–H groups in total. The standard InChI is InChI=1S/C35H39ClF3N4O3.C3H5.CH5N.K/c1-9-19(3)11-25(37)17-41-23(7)35(44,18-42-22(6)24-12-20(4)32(40)30(14-24)45-8)31-13-21(5)34(46-10-2)33(43-31)26-15-27(36)29(39)16-28(26)38;1-2-3-1;1-2;/h4,11-17,19,23,40,42,44H,6,9-10,18H2,1-3,5,7-8H3;1H,2-3H2;2H2,1H3;/q2*-1;;+1/b25-11+,40-32?,41-17?;;;. The van der Waals surface area contributed by atoms with Crippen molar-refractivity contribution >= 4 is 23.5 Å². The van der Waals surface area contributed by atoms with Gasteiger partial charge in [-0.2, -0.15) is 11.6 Å². The monoisotopic (exact) mass is 766 g/mol. The van der Waals surface area contributed by atoms with Gasteiger partial charge in [-0.3, -0.25) is 4.99 Å². The van der Waals surface area contributed by atoms with Gasteiger partial charge >= 0.3 is 51.4 Å². The predicted octanol–water partition coefficient (Wildman–Crippen LogP) is 5.45. The molecule has 278 valence electrons. The Morgan fingerprint density at radius 2 is 1.87 bits per heavy atom. The first-order valence-corrected chi connectivity index (χ1v) is 17.0. The molecule has 0 bridgehead atoms. The Morgan fingerprint density at radius 3 is 2.42 bits per heavy atom. The van der Waals surface area contributed by atoms with Gasteiger partial charge in [0.15, 0.2) is 0 Å². The van der Waals surface area contributed by atoms with E-state index >= 15 is 4.39 Å². The van der Waals surface area contributed by atoms with Crippen molar-refractivity contribution in [3.8, 4) is 17.0 Å². The molecule has 1 saturated carbocycles. The number of ether oxygens (including phenoxy) is 2. The molecule has 1 heterocycles. The Hall–Kier alpha value is -2.55. The number of pyridine rings is 1. The smallest absolute Gasteiger partial charge is 0.507 e. The van der Waals surface area contributed by atoms with Crippen molar-refractivity contribution in [2.45, 2.75) is 65.5 Å². The number of allylic oxidation sites excluding steroid dienone is 5. The molecule has 0 radical (unpaired) electrons. The average Bonchev–Trinajstić information content (AvgIpc) is 4.00. The van der Waals surface area contributed by atoms with Crippen LogP contribution < -0.4 is 67.2 Å². The van der Waals surface area contributed by atoms with E-state index in [0.29, 0.717) is 22.9 Å². The average molecular weight is 767 g/mol. The number of benzene rings is 1. The second-order valence-electron chi connectivity index (χ2n) is 11.8. The Balaban J connectivity index is 0.00000210. The maximum Gasteiger partial charge on any atom is 1.00 e. The summed E-state index contributed by atoms with van der Waals surface area (Å²) in [4.78, 5) is 8.96. The number of rotatable bonds is 14. The van der Waals surface area contributed by atoms with Gasteiger partial charge in [0.2, 0.25) is 0 Å². The molecule has 0 amide bonds. The van der Waals surface area contributed by atoms with Crippen LogP contribution in [0.1, 0.15) is 58.2 Å². The minimum atomic E-state index is -1.95. The summed E-state index contributed by atoms with van der Waals surface area (Å²) in [5.41, 5.74) is 3.90. The number of halogens is 4. The predicted molar refractivity (Wildman–Crippen MR) is 201 cm³/mol. The summed E-state index contributed by atoms with van der Waals surface area (Å²) in [6.45, 7) is 18.8. The summed E-state index contributed by atoms with van der Waals surface area (Å²) in [6, 6.07) is 2.30. The maximum absolute atomic E-state index is 15.2. The summed E-state index contributed by atoms with van der Waals surface area (Å²) in [6.07, 6.45) is 11.3. The molecule has 3 atom stereocenters. The number of methoxy groups -OCH3 is 1. The topological polar surface area (TPSA) is 126 Å². The van der Waals surface area contributed by atoms with Crippen molar-refractivity contribution in [1.29, 1.82) is 5.41 Å². The molecule has 1 aromatic heterocycles. The van der Waals surface area contributed by atoms with Gasteiger partial charge in [-0.05, 0) is 75.7 Å². The van der Waals surface area contributed by atoms with E-state index in [1.54, 1.807) is 32.9 Å². The minimum absolute atomic E-state index is 0. The fourth-order valence-electron chi connectivity index (χ4n) is 4.60. The van der Waals surface area contributed by atoms with E-state index in [0.717, 1.165) is 18.7 Å². The van der Waals surface area contributed by atoms with Crippen molar-refractivity contribution in [2.24, 2.45) is 16.6 Å². The molecule has 1 fully saturated rings. The Kier molecular flexibility index (Phi) is 20.6. The zero-order valence-electron chi connectivity index (χ0n) is 31.3. The third-order valence-corrected chi connectivity index (χ3v) is 8.21. The fourth-order valence-corrected chi connectivity index (χ4v) is 4.77. The summed E-state index contributed by atoms with van der Waals surface area (Å²) < 4.78 is 55.0. The van der Waals surface area contributed by atoms with Crippen molar-refractivity contribution in [1.82, 2.24) is 10.3 Å². The second kappa shape index (κ2) is 22.6. The van der Waals surface area contributed by atoms with Crippen LogP contribution in [0.25, 0.3) is 11.3 Å². The van der Waals surface area contributed by atoms with Gasteiger partial charge in [0.05, 0.1) is 49.0 Å². The summed E-state index contributed by atoms with van der Waals surface area (Å²) in [5, 5.41) is 23.2. The summed E-state index contributed by atoms with van der Waals surface area (Å²) in [7, 11) is 2.91. The Labute approximate surface area is 354 Å². The van der Waals surface area contributed by atoms with E-state index in [1.807, 2.05) is 13.8 Å². The largest absolute Gasteiger partial charge is 1.00 e. The molecule has 1 aromatic carbocycles. The zero-order chi connectivity index (χ0) is 38.5. The molecule has 0 saturated heterocycles. The molecule has 2 aliphatic rings. The third kappa shape index (κ3) is 13.1. The normalized spacial score (nSPS) is 16.1. The van der Waals surface area contributed by atoms with Gasteiger partial charge in [0.25, 0.3) is 0 Å². The molecule has 2 aromatic rings. The number of aliphatic imine (C=N–C) groups is 1. The molecule has 2 aliphatic carbocycles. The molecule has 0 aliphatic heterocycles. The summed E-state index contributed by atoms with van der Waals surface area (Å²) in [5.74, 6) is -2.04. The van der Waals surface area contributed by atoms with Crippen LogP contribution in [0.4, 0.5) is 13.2 Å². The van der Waals surface area contributed by atoms with Crippen LogP contribution in [-0.2, 0) is 10.3 Å². The fraction of sp³-hybridized carbons (Fsp3) is 0.385. The Morgan fingerprint density at radius 1 is 1.23 bits per heavy atom. The van der Waals surface area contributed by atoms with Crippen LogP contribution >= 0.6 is 11.6 Å². The van der Waals surface area contributed by atoms with E-state index in [-0.39, 0.29) is 115 Å². The number of hydrogen-bond acceptors (Lipinski definition) is 8. The van der Waals surface area contributed by atoms with Crippen LogP contribution in [0.2, 0.25) is 5.02 Å². The van der Waals surface area contributed by atoms with Crippen molar-refractivity contribution in [3.05, 3.63) is 112 Å². The third-order valence-electron chi connectivity index (χ3n) is 7.92. The molecule has 8 nitrogen and oxygen atoms in total. The quantitative estimate of drug-likeness (QED) is 0.0878. The first kappa shape index (κ1) is 47.5. The SMILES string of the molecule is CN.[CH-]1CC1.[CH-]=C1C=C(C(=C)NCC(O)(c2cc(C)c(OCC)c(-c3cc(Cl)c(F)cc3F)n2)C(C)N=C/C(F)=C\C(C)CC)C=C(OC)C1=N.[K+]. The molecule has 3 unspecified atom stereocenters. The van der Waals surface area contributed by atoms with Crippen molar-refractivity contribution in [2.75, 3.05) is 27.3 Å². The van der Waals surface area contributed by atoms with Gasteiger partial charge in [-0.15, -0.1) is 0 Å². The van der Waals surface area contributed by atoms with Crippen molar-refractivity contribution < 1.29 is 79.1 Å². The number of aryl methyl sites for hydroxylation is 1. The minimum Gasteiger partial charge on any atom is -0.507 e. The maximum atomic E-state index is 15.2. The zero-order valence-corrected chi connectivity index (χ0v) is 35.2. The van der Waals surface area contributed by atoms with Crippen LogP contribution in [0.3, 0.4) is 0 Å². The van der Waals surface area contributed by atoms with E-state index in [2.05, 4.69) is 34.0 Å². The number of hydrogen-bond donors (Lipinski definition) is 4. The molecular weight excluding hydrogens is 718 g/mol. The van der Waals surface area contributed by atoms with Crippen LogP contribution in [0.5, 0.6) is 5.75 Å².